The molecule has 0 radical (unpaired) electrons. The fraction of sp³-hybridized carbons (Fsp3) is 0.789. The van der Waals surface area contributed by atoms with Crippen LogP contribution < -0.4 is 5.32 Å². The molecule has 272 valence electrons. The predicted molar refractivity (Wildman–Crippen MR) is 187 cm³/mol. The second-order valence-corrected chi connectivity index (χ2v) is 13.2. The number of hydrogen-bond acceptors (Lipinski definition) is 8. The highest BCUT2D eigenvalue weighted by Gasteiger charge is 2.44. The van der Waals surface area contributed by atoms with Gasteiger partial charge in [0.1, 0.15) is 24.4 Å². The van der Waals surface area contributed by atoms with Gasteiger partial charge in [-0.3, -0.25) is 14.4 Å². The summed E-state index contributed by atoms with van der Waals surface area (Å²) in [7, 11) is 0. The van der Waals surface area contributed by atoms with Crippen LogP contribution >= 0.6 is 0 Å². The van der Waals surface area contributed by atoms with Crippen molar-refractivity contribution in [2.75, 3.05) is 0 Å². The van der Waals surface area contributed by atoms with E-state index < -0.39 is 12.0 Å². The van der Waals surface area contributed by atoms with Crippen LogP contribution in [0.4, 0.5) is 0 Å². The Balaban J connectivity index is 0.000000963. The van der Waals surface area contributed by atoms with Crippen LogP contribution in [0.3, 0.4) is 0 Å². The van der Waals surface area contributed by atoms with Crippen LogP contribution in [0.15, 0.2) is 25.3 Å². The van der Waals surface area contributed by atoms with Gasteiger partial charge in [-0.15, -0.1) is 13.2 Å². The topological polar surface area (TPSA) is 128 Å². The lowest BCUT2D eigenvalue weighted by Crippen LogP contribution is -2.48. The van der Waals surface area contributed by atoms with Crippen molar-refractivity contribution >= 4 is 24.3 Å². The molecule has 9 heteroatoms. The van der Waals surface area contributed by atoms with Gasteiger partial charge in [-0.05, 0) is 50.9 Å². The van der Waals surface area contributed by atoms with Crippen LogP contribution in [0.2, 0.25) is 0 Å². The molecule has 9 nitrogen and oxygen atoms in total. The maximum atomic E-state index is 12.5. The Morgan fingerprint density at radius 2 is 1.38 bits per heavy atom. The van der Waals surface area contributed by atoms with Gasteiger partial charge in [-0.1, -0.05) is 98.6 Å². The minimum absolute atomic E-state index is 0. The highest BCUT2D eigenvalue weighted by Crippen LogP contribution is 2.33. The maximum Gasteiger partial charge on any atom is 0.328 e. The summed E-state index contributed by atoms with van der Waals surface area (Å²) in [5, 5.41) is 12.3. The molecule has 47 heavy (non-hydrogen) atoms. The molecule has 0 aromatic heterocycles. The molecule has 2 heterocycles. The van der Waals surface area contributed by atoms with E-state index >= 15 is 0 Å². The molecule has 7 atom stereocenters. The minimum Gasteiger partial charge on any atom is -0.461 e. The minimum atomic E-state index is -0.655. The third-order valence-electron chi connectivity index (χ3n) is 8.72. The molecule has 2 saturated heterocycles. The van der Waals surface area contributed by atoms with Gasteiger partial charge in [0.15, 0.2) is 0 Å². The van der Waals surface area contributed by atoms with E-state index in [0.717, 1.165) is 44.9 Å². The number of carbonyl (C=O) groups is 4. The molecule has 2 rings (SSSR count). The van der Waals surface area contributed by atoms with Crippen molar-refractivity contribution in [1.82, 2.24) is 5.32 Å². The van der Waals surface area contributed by atoms with Crippen LogP contribution in [0.1, 0.15) is 144 Å². The van der Waals surface area contributed by atoms with E-state index in [1.165, 1.54) is 25.7 Å². The van der Waals surface area contributed by atoms with Gasteiger partial charge in [0.25, 0.3) is 0 Å². The van der Waals surface area contributed by atoms with Gasteiger partial charge in [0.2, 0.25) is 6.41 Å². The van der Waals surface area contributed by atoms with Gasteiger partial charge in [0, 0.05) is 12.8 Å². The van der Waals surface area contributed by atoms with E-state index in [4.69, 9.17) is 14.2 Å². The van der Waals surface area contributed by atoms with Crippen LogP contribution in [0.25, 0.3) is 0 Å². The maximum absolute atomic E-state index is 12.5. The monoisotopic (exact) mass is 665 g/mol. The SMILES string of the molecule is C.C=CCC[C@@H](C[C@@H]1OC(=O)[C@H]1CCCCCC)OC(=O)[C@H](CC(C)C)NC=O.C=CCC[C@@H](O)C[C@@H]1OC(=O)[C@H]1CCCCCC. The van der Waals surface area contributed by atoms with Crippen molar-refractivity contribution in [2.45, 2.75) is 175 Å². The summed E-state index contributed by atoms with van der Waals surface area (Å²) < 4.78 is 16.2. The number of nitrogens with one attached hydrogen (secondary N) is 1. The average molecular weight is 666 g/mol. The Hall–Kier alpha value is -2.68. The number of unbranched alkanes of at least 4 members (excludes halogenated alkanes) is 6. The molecule has 2 fully saturated rings. The first-order chi connectivity index (χ1) is 22.1. The zero-order valence-corrected chi connectivity index (χ0v) is 29.1. The van der Waals surface area contributed by atoms with Crippen LogP contribution in [-0.4, -0.2) is 59.9 Å². The van der Waals surface area contributed by atoms with Crippen LogP contribution in [0.5, 0.6) is 0 Å². The van der Waals surface area contributed by atoms with E-state index in [-0.39, 0.29) is 61.5 Å². The zero-order valence-electron chi connectivity index (χ0n) is 29.1. The number of esters is 3. The lowest BCUT2D eigenvalue weighted by molar-refractivity contribution is -0.191. The number of aliphatic hydroxyl groups is 1. The molecule has 0 aromatic carbocycles. The summed E-state index contributed by atoms with van der Waals surface area (Å²) in [5.41, 5.74) is 0. The average Bonchev–Trinajstić information content (AvgIpc) is 3.01. The van der Waals surface area contributed by atoms with Gasteiger partial charge < -0.3 is 24.6 Å². The highest BCUT2D eigenvalue weighted by molar-refractivity contribution is 5.79. The number of cyclic esters (lactones) is 2. The standard InChI is InChI=1S/C22H37NO5.C15H26O3.CH4/c1-5-7-9-10-12-18-20(28-21(18)25)14-17(11-8-6-2)27-22(26)19(23-15-24)13-16(3)4;1-3-5-7-8-10-13-14(18-15(13)17)11-12(16)9-6-4-2;/h6,15-20H,2,5,7-14H2,1,3-4H3,(H,23,24);4,12-14,16H,2-3,5-11H2,1H3;1H4/t17-,18-,19-,20-;12-,13+,14+;/m01./s1. The van der Waals surface area contributed by atoms with Crippen LogP contribution in [0, 0.1) is 17.8 Å². The number of carbonyl (C=O) groups excluding carboxylic acids is 4. The Morgan fingerprint density at radius 3 is 1.83 bits per heavy atom. The van der Waals surface area contributed by atoms with Crippen molar-refractivity contribution in [3.8, 4) is 0 Å². The fourth-order valence-corrected chi connectivity index (χ4v) is 5.93. The summed E-state index contributed by atoms with van der Waals surface area (Å²) in [6, 6.07) is -0.655. The molecule has 0 aromatic rings. The molecule has 0 unspecified atom stereocenters. The predicted octanol–water partition coefficient (Wildman–Crippen LogP) is 7.78. The number of allylic oxidation sites excluding steroid dienone is 2. The Kier molecular flexibility index (Phi) is 24.8. The lowest BCUT2D eigenvalue weighted by atomic mass is 9.86. The second kappa shape index (κ2) is 26.3. The highest BCUT2D eigenvalue weighted by atomic mass is 16.6. The molecule has 0 bridgehead atoms. The largest absolute Gasteiger partial charge is 0.461 e. The molecule has 1 amide bonds. The smallest absolute Gasteiger partial charge is 0.328 e. The summed E-state index contributed by atoms with van der Waals surface area (Å²) in [4.78, 5) is 46.6. The summed E-state index contributed by atoms with van der Waals surface area (Å²) in [6.07, 6.45) is 18.5. The normalized spacial score (nSPS) is 21.6. The van der Waals surface area contributed by atoms with Gasteiger partial charge in [-0.25, -0.2) is 4.79 Å². The van der Waals surface area contributed by atoms with Crippen molar-refractivity contribution in [3.63, 3.8) is 0 Å². The molecule has 2 aliphatic rings. The van der Waals surface area contributed by atoms with E-state index in [1.54, 1.807) is 12.2 Å². The first-order valence-corrected chi connectivity index (χ1v) is 17.8. The second-order valence-electron chi connectivity index (χ2n) is 13.2. The molecule has 0 spiro atoms. The molecular formula is C38H67NO8. The molecule has 2 aliphatic heterocycles. The quantitative estimate of drug-likeness (QED) is 0.0315. The van der Waals surface area contributed by atoms with E-state index in [9.17, 15) is 24.3 Å². The number of rotatable bonds is 26. The number of ether oxygens (including phenoxy) is 3. The summed E-state index contributed by atoms with van der Waals surface area (Å²) in [5.74, 6) is -0.471. The van der Waals surface area contributed by atoms with Gasteiger partial charge >= 0.3 is 17.9 Å². The van der Waals surface area contributed by atoms with E-state index in [1.807, 2.05) is 13.8 Å². The summed E-state index contributed by atoms with van der Waals surface area (Å²) in [6.45, 7) is 15.7. The number of hydrogen-bond donors (Lipinski definition) is 2. The number of aliphatic hydroxyl groups excluding tert-OH is 1. The Morgan fingerprint density at radius 1 is 0.872 bits per heavy atom. The van der Waals surface area contributed by atoms with Crippen LogP contribution in [-0.2, 0) is 33.4 Å². The Bertz CT molecular complexity index is 906. The van der Waals surface area contributed by atoms with E-state index in [0.29, 0.717) is 44.9 Å². The molecule has 2 N–H and O–H groups in total. The summed E-state index contributed by atoms with van der Waals surface area (Å²) >= 11 is 0. The van der Waals surface area contributed by atoms with Crippen molar-refractivity contribution in [1.29, 1.82) is 0 Å². The lowest BCUT2D eigenvalue weighted by Gasteiger charge is -2.37. The first kappa shape index (κ1) is 44.3. The first-order valence-electron chi connectivity index (χ1n) is 17.8. The third-order valence-corrected chi connectivity index (χ3v) is 8.72. The van der Waals surface area contributed by atoms with Gasteiger partial charge in [-0.2, -0.15) is 0 Å². The molecule has 0 saturated carbocycles. The molecular weight excluding hydrogens is 598 g/mol. The van der Waals surface area contributed by atoms with Crippen molar-refractivity contribution < 1.29 is 38.5 Å². The third kappa shape index (κ3) is 17.9. The van der Waals surface area contributed by atoms with Crippen molar-refractivity contribution in [2.24, 2.45) is 17.8 Å². The van der Waals surface area contributed by atoms with E-state index in [2.05, 4.69) is 32.3 Å². The number of amides is 1. The fourth-order valence-electron chi connectivity index (χ4n) is 5.93. The zero-order chi connectivity index (χ0) is 34.3. The van der Waals surface area contributed by atoms with Crippen molar-refractivity contribution in [3.05, 3.63) is 25.3 Å². The Labute approximate surface area is 285 Å². The molecule has 0 aliphatic carbocycles. The van der Waals surface area contributed by atoms with Gasteiger partial charge in [0.05, 0.1) is 17.9 Å².